The Morgan fingerprint density at radius 2 is 0.750 bits per heavy atom. The molecule has 0 aromatic carbocycles. The van der Waals surface area contributed by atoms with Crippen molar-refractivity contribution in [3.05, 3.63) is 0 Å². The minimum absolute atomic E-state index is 0. The van der Waals surface area contributed by atoms with Crippen LogP contribution in [0.2, 0.25) is 0 Å². The Labute approximate surface area is 129 Å². The van der Waals surface area contributed by atoms with Gasteiger partial charge in [-0.1, -0.05) is 0 Å². The van der Waals surface area contributed by atoms with Crippen LogP contribution in [0.5, 0.6) is 0 Å². The molecule has 0 aliphatic carbocycles. The van der Waals surface area contributed by atoms with E-state index in [0.29, 0.717) is 0 Å². The maximum Gasteiger partial charge on any atom is 1.00 e. The van der Waals surface area contributed by atoms with Gasteiger partial charge in [0.05, 0.1) is 0 Å². The zero-order valence-electron chi connectivity index (χ0n) is 7.90. The summed E-state index contributed by atoms with van der Waals surface area (Å²) in [5, 5.41) is 17.6. The van der Waals surface area contributed by atoms with Crippen molar-refractivity contribution in [2.24, 2.45) is 0 Å². The van der Waals surface area contributed by atoms with E-state index in [1.54, 1.807) is 0 Å². The number of aliphatic carboxylic acids is 2. The first-order valence-electron chi connectivity index (χ1n) is 2.45. The van der Waals surface area contributed by atoms with Gasteiger partial charge in [-0.05, 0) is 0 Å². The second kappa shape index (κ2) is 9.54. The number of carboxylic acid groups (broad SMARTS) is 2. The second-order valence-electron chi connectivity index (χ2n) is 1.57. The van der Waals surface area contributed by atoms with Gasteiger partial charge in [-0.25, -0.2) is 0 Å². The van der Waals surface area contributed by atoms with Crippen molar-refractivity contribution >= 4 is 11.9 Å². The molecule has 4 nitrogen and oxygen atoms in total. The molecule has 16 heavy (non-hydrogen) atoms. The van der Waals surface area contributed by atoms with E-state index >= 15 is 0 Å². The van der Waals surface area contributed by atoms with Crippen molar-refractivity contribution in [2.45, 2.75) is 12.4 Å². The average Bonchev–Trinajstić information content (AvgIpc) is 1.83. The summed E-state index contributed by atoms with van der Waals surface area (Å²) in [7, 11) is 0. The van der Waals surface area contributed by atoms with Gasteiger partial charge < -0.3 is 19.8 Å². The number of hydrogen-bond acceptors (Lipinski definition) is 4. The smallest absolute Gasteiger partial charge is 0.542 e. The Kier molecular flexibility index (Phi) is 15.1. The van der Waals surface area contributed by atoms with E-state index in [2.05, 4.69) is 0 Å². The molecule has 0 atom stereocenters. The molecule has 0 unspecified atom stereocenters. The minimum atomic E-state index is -5.19. The van der Waals surface area contributed by atoms with Crippen LogP contribution in [0.15, 0.2) is 0 Å². The van der Waals surface area contributed by atoms with Crippen molar-refractivity contribution in [1.29, 1.82) is 0 Å². The molecule has 84 valence electrons. The normalized spacial score (nSPS) is 9.88. The standard InChI is InChI=1S/2C2HF3O2.2Na/c2*3-2(4,5)1(6)7;;/h2*(H,6,7);;/q;;2*+1/p-2. The van der Waals surface area contributed by atoms with Crippen LogP contribution in [-0.2, 0) is 9.59 Å². The molecule has 0 heterocycles. The average molecular weight is 272 g/mol. The molecule has 0 radical (unpaired) electrons. The Balaban J connectivity index is -0.0000000800. The maximum atomic E-state index is 10.5. The van der Waals surface area contributed by atoms with E-state index in [9.17, 15) is 26.3 Å². The van der Waals surface area contributed by atoms with Crippen molar-refractivity contribution in [2.75, 3.05) is 0 Å². The minimum Gasteiger partial charge on any atom is -0.542 e. The monoisotopic (exact) mass is 272 g/mol. The first-order valence-corrected chi connectivity index (χ1v) is 2.45. The van der Waals surface area contributed by atoms with E-state index in [1.807, 2.05) is 0 Å². The summed E-state index contributed by atoms with van der Waals surface area (Å²) in [4.78, 5) is 17.6. The molecule has 0 bridgehead atoms. The number of hydrogen-bond donors (Lipinski definition) is 0. The molecule has 12 heteroatoms. The number of alkyl halides is 6. The molecule has 0 aromatic rings. The van der Waals surface area contributed by atoms with Crippen molar-refractivity contribution in [3.63, 3.8) is 0 Å². The van der Waals surface area contributed by atoms with Gasteiger partial charge in [-0.3, -0.25) is 0 Å². The van der Waals surface area contributed by atoms with Crippen LogP contribution < -0.4 is 69.3 Å². The van der Waals surface area contributed by atoms with Gasteiger partial charge in [0.2, 0.25) is 0 Å². The molecular formula is C4F6Na2O4. The quantitative estimate of drug-likeness (QED) is 0.324. The topological polar surface area (TPSA) is 80.3 Å². The number of halogens is 6. The van der Waals surface area contributed by atoms with E-state index < -0.39 is 24.3 Å². The number of carbonyl (C=O) groups is 2. The molecule has 0 N–H and O–H groups in total. The van der Waals surface area contributed by atoms with Gasteiger partial charge in [0.15, 0.2) is 0 Å². The van der Waals surface area contributed by atoms with Crippen LogP contribution in [-0.4, -0.2) is 24.3 Å². The summed E-state index contributed by atoms with van der Waals surface area (Å²) in [6, 6.07) is 0. The summed E-state index contributed by atoms with van der Waals surface area (Å²) in [6.07, 6.45) is -10.4. The molecule has 0 aromatic heterocycles. The Bertz CT molecular complexity index is 200. The summed E-state index contributed by atoms with van der Waals surface area (Å²) >= 11 is 0. The van der Waals surface area contributed by atoms with Crippen LogP contribution in [0.3, 0.4) is 0 Å². The number of carboxylic acids is 2. The van der Waals surface area contributed by atoms with Crippen LogP contribution in [0.25, 0.3) is 0 Å². The fraction of sp³-hybridized carbons (Fsp3) is 0.500. The first-order chi connectivity index (χ1) is 5.89. The third-order valence-corrected chi connectivity index (χ3v) is 0.463. The van der Waals surface area contributed by atoms with Gasteiger partial charge in [-0.15, -0.1) is 0 Å². The zero-order valence-corrected chi connectivity index (χ0v) is 11.9. The predicted octanol–water partition coefficient (Wildman–Crippen LogP) is -7.39. The van der Waals surface area contributed by atoms with E-state index in [1.165, 1.54) is 0 Å². The van der Waals surface area contributed by atoms with Crippen molar-refractivity contribution in [1.82, 2.24) is 0 Å². The molecule has 0 amide bonds. The molecule has 0 saturated heterocycles. The number of rotatable bonds is 0. The van der Waals surface area contributed by atoms with Gasteiger partial charge in [0.25, 0.3) is 0 Å². The number of carbonyl (C=O) groups excluding carboxylic acids is 2. The molecule has 0 spiro atoms. The molecule has 0 aliphatic heterocycles. The SMILES string of the molecule is O=C([O-])C(F)(F)F.O=C([O-])C(F)(F)F.[Na+].[Na+]. The summed E-state index contributed by atoms with van der Waals surface area (Å²) < 4.78 is 63.1. The van der Waals surface area contributed by atoms with Gasteiger partial charge >= 0.3 is 71.5 Å². The molecular weight excluding hydrogens is 272 g/mol. The van der Waals surface area contributed by atoms with Gasteiger partial charge in [-0.2, -0.15) is 26.3 Å². The van der Waals surface area contributed by atoms with Crippen LogP contribution in [0.4, 0.5) is 26.3 Å². The third-order valence-electron chi connectivity index (χ3n) is 0.463. The summed E-state index contributed by atoms with van der Waals surface area (Å²) in [5.74, 6) is -6.01. The first kappa shape index (κ1) is 25.4. The Hall–Kier alpha value is 0.520. The predicted molar refractivity (Wildman–Crippen MR) is 22.1 cm³/mol. The third kappa shape index (κ3) is 16.9. The maximum absolute atomic E-state index is 10.5. The molecule has 0 saturated carbocycles. The molecule has 0 rings (SSSR count). The van der Waals surface area contributed by atoms with Gasteiger partial charge in [0.1, 0.15) is 11.9 Å². The van der Waals surface area contributed by atoms with E-state index in [-0.39, 0.29) is 59.1 Å². The Morgan fingerprint density at radius 1 is 0.688 bits per heavy atom. The molecule has 0 aliphatic rings. The van der Waals surface area contributed by atoms with E-state index in [0.717, 1.165) is 0 Å². The van der Waals surface area contributed by atoms with Crippen molar-refractivity contribution in [3.8, 4) is 0 Å². The van der Waals surface area contributed by atoms with Crippen LogP contribution in [0, 0.1) is 0 Å². The van der Waals surface area contributed by atoms with Crippen molar-refractivity contribution < 1.29 is 105 Å². The van der Waals surface area contributed by atoms with E-state index in [4.69, 9.17) is 19.8 Å². The Morgan fingerprint density at radius 3 is 0.750 bits per heavy atom. The van der Waals surface area contributed by atoms with Gasteiger partial charge in [0, 0.05) is 0 Å². The summed E-state index contributed by atoms with van der Waals surface area (Å²) in [6.45, 7) is 0. The van der Waals surface area contributed by atoms with Crippen LogP contribution >= 0.6 is 0 Å². The summed E-state index contributed by atoms with van der Waals surface area (Å²) in [5.41, 5.74) is 0. The second-order valence-corrected chi connectivity index (χ2v) is 1.57. The van der Waals surface area contributed by atoms with Crippen LogP contribution in [0.1, 0.15) is 0 Å². The fourth-order valence-corrected chi connectivity index (χ4v) is 0. The fourth-order valence-electron chi connectivity index (χ4n) is 0. The zero-order chi connectivity index (χ0) is 12.2. The largest absolute Gasteiger partial charge is 1.00 e. The molecule has 0 fully saturated rings.